The largest absolute Gasteiger partial charge is 0.344 e. The normalized spacial score (nSPS) is 14.2. The van der Waals surface area contributed by atoms with E-state index >= 15 is 0 Å². The lowest BCUT2D eigenvalue weighted by atomic mass is 10.1. The van der Waals surface area contributed by atoms with Crippen molar-refractivity contribution in [2.24, 2.45) is 5.73 Å². The van der Waals surface area contributed by atoms with Gasteiger partial charge in [-0.15, -0.1) is 0 Å². The third kappa shape index (κ3) is 4.34. The van der Waals surface area contributed by atoms with Crippen molar-refractivity contribution >= 4 is 17.8 Å². The first-order valence-corrected chi connectivity index (χ1v) is 8.54. The zero-order valence-electron chi connectivity index (χ0n) is 14.5. The highest BCUT2D eigenvalue weighted by atomic mass is 16.2. The van der Waals surface area contributed by atoms with E-state index < -0.39 is 11.8 Å². The Bertz CT molecular complexity index is 759. The second-order valence-electron chi connectivity index (χ2n) is 6.03. The molecule has 0 atom stereocenters. The minimum absolute atomic E-state index is 0.302. The molecule has 2 heterocycles. The molecule has 136 valence electrons. The van der Waals surface area contributed by atoms with E-state index in [4.69, 9.17) is 5.73 Å². The minimum atomic E-state index is -0.590. The number of carbonyl (C=O) groups is 2. The molecule has 26 heavy (non-hydrogen) atoms. The molecule has 8 nitrogen and oxygen atoms in total. The van der Waals surface area contributed by atoms with Crippen molar-refractivity contribution in [3.05, 3.63) is 53.9 Å². The van der Waals surface area contributed by atoms with Gasteiger partial charge in [0.05, 0.1) is 0 Å². The Balaban J connectivity index is 1.49. The zero-order chi connectivity index (χ0) is 18.4. The van der Waals surface area contributed by atoms with E-state index in [0.29, 0.717) is 45.2 Å². The van der Waals surface area contributed by atoms with Crippen LogP contribution in [0.5, 0.6) is 0 Å². The summed E-state index contributed by atoms with van der Waals surface area (Å²) in [6.07, 6.45) is 3.37. The Kier molecular flexibility index (Phi) is 5.75. The van der Waals surface area contributed by atoms with Crippen LogP contribution in [0, 0.1) is 0 Å². The van der Waals surface area contributed by atoms with Crippen molar-refractivity contribution in [3.63, 3.8) is 0 Å². The van der Waals surface area contributed by atoms with Gasteiger partial charge in [0.2, 0.25) is 5.95 Å². The molecule has 2 amide bonds. The fourth-order valence-corrected chi connectivity index (χ4v) is 2.83. The van der Waals surface area contributed by atoms with Crippen molar-refractivity contribution in [2.45, 2.75) is 13.1 Å². The van der Waals surface area contributed by atoms with Crippen LogP contribution in [0.25, 0.3) is 0 Å². The summed E-state index contributed by atoms with van der Waals surface area (Å²) < 4.78 is 0. The third-order valence-corrected chi connectivity index (χ3v) is 4.28. The summed E-state index contributed by atoms with van der Waals surface area (Å²) in [5.74, 6) is -0.454. The number of anilines is 1. The molecular weight excluding hydrogens is 332 g/mol. The summed E-state index contributed by atoms with van der Waals surface area (Å²) in [7, 11) is 0. The van der Waals surface area contributed by atoms with E-state index in [0.717, 1.165) is 11.1 Å². The summed E-state index contributed by atoms with van der Waals surface area (Å²) in [4.78, 5) is 36.5. The van der Waals surface area contributed by atoms with Crippen LogP contribution in [0.15, 0.2) is 42.7 Å². The molecule has 0 radical (unpaired) electrons. The summed E-state index contributed by atoms with van der Waals surface area (Å²) >= 11 is 0. The van der Waals surface area contributed by atoms with Crippen LogP contribution >= 0.6 is 0 Å². The van der Waals surface area contributed by atoms with Gasteiger partial charge in [-0.05, 0) is 17.2 Å². The first-order valence-electron chi connectivity index (χ1n) is 8.54. The van der Waals surface area contributed by atoms with Gasteiger partial charge < -0.3 is 20.9 Å². The fraction of sp³-hybridized carbons (Fsp3) is 0.333. The summed E-state index contributed by atoms with van der Waals surface area (Å²) in [5, 5.41) is 2.68. The van der Waals surface area contributed by atoms with Gasteiger partial charge in [0, 0.05) is 51.7 Å². The summed E-state index contributed by atoms with van der Waals surface area (Å²) in [5.41, 5.74) is 7.52. The molecule has 1 aromatic carbocycles. The average molecular weight is 354 g/mol. The second kappa shape index (κ2) is 8.39. The number of hydrogen-bond donors (Lipinski definition) is 2. The third-order valence-electron chi connectivity index (χ3n) is 4.28. The number of piperazine rings is 1. The standard InChI is InChI=1S/C18H22N6O2/c19-12-14-3-1-4-15(11-14)13-22-16(25)17(26)23-7-9-24(10-8-23)18-20-5-2-6-21-18/h1-6,11H,7-10,12-13,19H2,(H,22,25). The van der Waals surface area contributed by atoms with Gasteiger partial charge in [-0.3, -0.25) is 9.59 Å². The molecular formula is C18H22N6O2. The topological polar surface area (TPSA) is 104 Å². The molecule has 0 saturated carbocycles. The van der Waals surface area contributed by atoms with Gasteiger partial charge >= 0.3 is 11.8 Å². The lowest BCUT2D eigenvalue weighted by molar-refractivity contribution is -0.146. The van der Waals surface area contributed by atoms with Crippen LogP contribution in [0.1, 0.15) is 11.1 Å². The lowest BCUT2D eigenvalue weighted by Gasteiger charge is -2.34. The van der Waals surface area contributed by atoms with Crippen molar-refractivity contribution in [1.29, 1.82) is 0 Å². The highest BCUT2D eigenvalue weighted by molar-refractivity contribution is 6.35. The van der Waals surface area contributed by atoms with E-state index in [-0.39, 0.29) is 0 Å². The van der Waals surface area contributed by atoms with E-state index in [1.807, 2.05) is 29.2 Å². The Morgan fingerprint density at radius 2 is 1.73 bits per heavy atom. The van der Waals surface area contributed by atoms with Gasteiger partial charge in [-0.2, -0.15) is 0 Å². The zero-order valence-corrected chi connectivity index (χ0v) is 14.5. The highest BCUT2D eigenvalue weighted by Gasteiger charge is 2.26. The molecule has 1 fully saturated rings. The fourth-order valence-electron chi connectivity index (χ4n) is 2.83. The number of nitrogens with zero attached hydrogens (tertiary/aromatic N) is 4. The van der Waals surface area contributed by atoms with Gasteiger partial charge in [0.1, 0.15) is 0 Å². The van der Waals surface area contributed by atoms with Gasteiger partial charge in [-0.25, -0.2) is 9.97 Å². The van der Waals surface area contributed by atoms with Crippen LogP contribution in [0.3, 0.4) is 0 Å². The smallest absolute Gasteiger partial charge is 0.312 e. The number of aromatic nitrogens is 2. The van der Waals surface area contributed by atoms with E-state index in [1.165, 1.54) is 0 Å². The maximum atomic E-state index is 12.3. The molecule has 8 heteroatoms. The molecule has 0 unspecified atom stereocenters. The molecule has 1 aliphatic rings. The van der Waals surface area contributed by atoms with Gasteiger partial charge in [-0.1, -0.05) is 24.3 Å². The monoisotopic (exact) mass is 354 g/mol. The molecule has 0 aliphatic carbocycles. The van der Waals surface area contributed by atoms with Crippen LogP contribution in [0.2, 0.25) is 0 Å². The number of amides is 2. The minimum Gasteiger partial charge on any atom is -0.344 e. The van der Waals surface area contributed by atoms with Crippen molar-refractivity contribution in [1.82, 2.24) is 20.2 Å². The number of rotatable bonds is 4. The molecule has 3 N–H and O–H groups in total. The highest BCUT2D eigenvalue weighted by Crippen LogP contribution is 2.10. The van der Waals surface area contributed by atoms with Crippen molar-refractivity contribution in [2.75, 3.05) is 31.1 Å². The van der Waals surface area contributed by atoms with E-state index in [9.17, 15) is 9.59 Å². The second-order valence-corrected chi connectivity index (χ2v) is 6.03. The molecule has 1 aliphatic heterocycles. The Labute approximate surface area is 152 Å². The Morgan fingerprint density at radius 1 is 1.04 bits per heavy atom. The van der Waals surface area contributed by atoms with Gasteiger partial charge in [0.25, 0.3) is 0 Å². The predicted molar refractivity (Wildman–Crippen MR) is 97.0 cm³/mol. The number of nitrogens with one attached hydrogen (secondary N) is 1. The first kappa shape index (κ1) is 17.8. The maximum absolute atomic E-state index is 12.3. The van der Waals surface area contributed by atoms with Crippen LogP contribution in [0.4, 0.5) is 5.95 Å². The van der Waals surface area contributed by atoms with Crippen molar-refractivity contribution in [3.8, 4) is 0 Å². The van der Waals surface area contributed by atoms with Gasteiger partial charge in [0.15, 0.2) is 0 Å². The molecule has 0 bridgehead atoms. The Morgan fingerprint density at radius 3 is 2.42 bits per heavy atom. The average Bonchev–Trinajstić information content (AvgIpc) is 2.72. The number of carbonyl (C=O) groups excluding carboxylic acids is 2. The molecule has 0 spiro atoms. The quantitative estimate of drug-likeness (QED) is 0.743. The number of nitrogens with two attached hydrogens (primary N) is 1. The number of hydrogen-bond acceptors (Lipinski definition) is 6. The molecule has 3 rings (SSSR count). The summed E-state index contributed by atoms with van der Waals surface area (Å²) in [6.45, 7) is 2.87. The SMILES string of the molecule is NCc1cccc(CNC(=O)C(=O)N2CCN(c3ncccn3)CC2)c1. The molecule has 1 saturated heterocycles. The van der Waals surface area contributed by atoms with Crippen LogP contribution < -0.4 is 16.0 Å². The predicted octanol–water partition coefficient (Wildman–Crippen LogP) is -0.0997. The van der Waals surface area contributed by atoms with E-state index in [1.54, 1.807) is 23.4 Å². The lowest BCUT2D eigenvalue weighted by Crippen LogP contribution is -2.52. The Hall–Kier alpha value is -3.00. The van der Waals surface area contributed by atoms with Crippen LogP contribution in [-0.4, -0.2) is 52.9 Å². The first-order chi connectivity index (χ1) is 12.7. The molecule has 1 aromatic heterocycles. The summed E-state index contributed by atoms with van der Waals surface area (Å²) in [6, 6.07) is 9.38. The molecule has 2 aromatic rings. The number of benzene rings is 1. The van der Waals surface area contributed by atoms with Crippen molar-refractivity contribution < 1.29 is 9.59 Å². The van der Waals surface area contributed by atoms with Crippen LogP contribution in [-0.2, 0) is 22.7 Å². The van der Waals surface area contributed by atoms with E-state index in [2.05, 4.69) is 15.3 Å². The maximum Gasteiger partial charge on any atom is 0.312 e.